The number of carbonyl (C=O) groups excluding carboxylic acids is 4. The first kappa shape index (κ1) is 63.2. The first-order valence-electron chi connectivity index (χ1n) is 25.5. The summed E-state index contributed by atoms with van der Waals surface area (Å²) in [6.07, 6.45) is 27.0. The first-order valence-corrected chi connectivity index (χ1v) is 30.5. The molecule has 0 heterocycles. The zero-order chi connectivity index (χ0) is 47.6. The zero-order valence-corrected chi connectivity index (χ0v) is 45.1. The van der Waals surface area contributed by atoms with Gasteiger partial charge in [-0.05, 0) is 31.7 Å². The van der Waals surface area contributed by atoms with E-state index in [2.05, 4.69) is 24.5 Å². The Morgan fingerprint density at radius 3 is 1.05 bits per heavy atom. The Morgan fingerprint density at radius 1 is 0.453 bits per heavy atom. The molecular weight excluding hydrogens is 883 g/mol. The molecule has 0 radical (unpaired) electrons. The lowest BCUT2D eigenvalue weighted by Gasteiger charge is -2.33. The molecule has 64 heavy (non-hydrogen) atoms. The zero-order valence-electron chi connectivity index (χ0n) is 41.9. The fraction of sp³-hybridized carbons (Fsp3) is 0.918. The molecule has 0 spiro atoms. The minimum Gasteiger partial charge on any atom is -0.395 e. The summed E-state index contributed by atoms with van der Waals surface area (Å²) < 4.78 is 0. The van der Waals surface area contributed by atoms with E-state index in [4.69, 9.17) is 0 Å². The van der Waals surface area contributed by atoms with E-state index >= 15 is 0 Å². The number of aliphatic hydroxyl groups is 2. The van der Waals surface area contributed by atoms with Gasteiger partial charge in [0, 0.05) is 75.1 Å². The molecule has 4 amide bonds. The third-order valence-corrected chi connectivity index (χ3v) is 16.5. The van der Waals surface area contributed by atoms with Crippen LogP contribution in [0.1, 0.15) is 183 Å². The molecule has 0 fully saturated rings. The number of carbonyl (C=O) groups is 4. The van der Waals surface area contributed by atoms with Gasteiger partial charge >= 0.3 is 0 Å². The number of hydrogen-bond donors (Lipinski definition) is 4. The van der Waals surface area contributed by atoms with Gasteiger partial charge in [-0.15, -0.1) is 0 Å². The van der Waals surface area contributed by atoms with Gasteiger partial charge < -0.3 is 35.5 Å². The molecule has 11 nitrogen and oxygen atoms in total. The van der Waals surface area contributed by atoms with Crippen molar-refractivity contribution in [2.75, 3.05) is 82.5 Å². The van der Waals surface area contributed by atoms with Crippen LogP contribution in [0.2, 0.25) is 0 Å². The van der Waals surface area contributed by atoms with Gasteiger partial charge in [0.1, 0.15) is 12.1 Å². The topological polar surface area (TPSA) is 143 Å². The Morgan fingerprint density at radius 2 is 0.750 bits per heavy atom. The van der Waals surface area contributed by atoms with Gasteiger partial charge in [0.25, 0.3) is 0 Å². The lowest BCUT2D eigenvalue weighted by atomic mass is 10.0. The summed E-state index contributed by atoms with van der Waals surface area (Å²) in [7, 11) is 8.97. The largest absolute Gasteiger partial charge is 0.395 e. The van der Waals surface area contributed by atoms with Crippen molar-refractivity contribution in [2.24, 2.45) is 11.8 Å². The van der Waals surface area contributed by atoms with Crippen molar-refractivity contribution in [2.45, 2.75) is 195 Å². The second-order valence-electron chi connectivity index (χ2n) is 18.0. The minimum absolute atomic E-state index is 0.112. The summed E-state index contributed by atoms with van der Waals surface area (Å²) in [4.78, 5) is 58.7. The number of aliphatic hydroxyl groups excluding tert-OH is 2. The molecule has 0 aromatic carbocycles. The number of hydrogen-bond acceptors (Lipinski definition) is 11. The molecule has 0 aliphatic heterocycles. The number of nitrogens with one attached hydrogen (secondary N) is 2. The Kier molecular flexibility index (Phi) is 44.1. The third-order valence-electron chi connectivity index (χ3n) is 11.5. The normalized spacial score (nSPS) is 12.6. The molecule has 0 aliphatic rings. The van der Waals surface area contributed by atoms with Gasteiger partial charge in [-0.1, -0.05) is 200 Å². The van der Waals surface area contributed by atoms with Gasteiger partial charge in [0.15, 0.2) is 0 Å². The summed E-state index contributed by atoms with van der Waals surface area (Å²) in [6, 6.07) is -1.37. The highest BCUT2D eigenvalue weighted by Crippen LogP contribution is 2.26. The van der Waals surface area contributed by atoms with Crippen LogP contribution in [0.4, 0.5) is 0 Å². The number of unbranched alkanes of at least 4 members (excludes halogenated alkanes) is 18. The van der Waals surface area contributed by atoms with Gasteiger partial charge in [0.2, 0.25) is 23.6 Å². The Balaban J connectivity index is 4.63. The van der Waals surface area contributed by atoms with Crippen LogP contribution in [0.25, 0.3) is 0 Å². The molecule has 4 N–H and O–H groups in total. The van der Waals surface area contributed by atoms with Crippen molar-refractivity contribution in [1.82, 2.24) is 25.3 Å². The van der Waals surface area contributed by atoms with Gasteiger partial charge in [-0.2, -0.15) is 0 Å². The monoisotopic (exact) mass is 980 g/mol. The lowest BCUT2D eigenvalue weighted by molar-refractivity contribution is -0.142. The molecule has 15 heteroatoms. The maximum Gasteiger partial charge on any atom is 0.243 e. The Bertz CT molecular complexity index is 1060. The summed E-state index contributed by atoms with van der Waals surface area (Å²) in [5.41, 5.74) is 0. The smallest absolute Gasteiger partial charge is 0.243 e. The van der Waals surface area contributed by atoms with Crippen molar-refractivity contribution >= 4 is 66.8 Å². The van der Waals surface area contributed by atoms with Crippen LogP contribution in [-0.2, 0) is 19.2 Å². The highest BCUT2D eigenvalue weighted by molar-refractivity contribution is 8.77. The molecule has 0 saturated carbocycles. The highest BCUT2D eigenvalue weighted by atomic mass is 33.1. The van der Waals surface area contributed by atoms with E-state index in [9.17, 15) is 29.4 Å². The average molecular weight is 981 g/mol. The van der Waals surface area contributed by atoms with Crippen LogP contribution in [-0.4, -0.2) is 143 Å². The van der Waals surface area contributed by atoms with Crippen LogP contribution in [0.15, 0.2) is 0 Å². The molecule has 2 unspecified atom stereocenters. The van der Waals surface area contributed by atoms with Crippen LogP contribution in [0.3, 0.4) is 0 Å². The van der Waals surface area contributed by atoms with Crippen molar-refractivity contribution in [1.29, 1.82) is 0 Å². The predicted molar refractivity (Wildman–Crippen MR) is 281 cm³/mol. The number of amides is 4. The van der Waals surface area contributed by atoms with Crippen molar-refractivity contribution in [3.63, 3.8) is 0 Å². The van der Waals surface area contributed by atoms with Crippen LogP contribution < -0.4 is 10.6 Å². The van der Waals surface area contributed by atoms with Crippen molar-refractivity contribution in [3.05, 3.63) is 0 Å². The number of likely N-dealkylation sites (N-methyl/N-ethyl adjacent to an activating group) is 1. The molecule has 0 aliphatic carbocycles. The van der Waals surface area contributed by atoms with Crippen LogP contribution >= 0.6 is 43.2 Å². The van der Waals surface area contributed by atoms with E-state index in [1.807, 2.05) is 61.2 Å². The maximum absolute atomic E-state index is 13.5. The molecule has 2 atom stereocenters. The Labute approximate surface area is 408 Å². The molecule has 0 rings (SSSR count). The molecular formula is C49H97N5O6S4. The first-order chi connectivity index (χ1) is 31.0. The van der Waals surface area contributed by atoms with E-state index in [1.165, 1.54) is 128 Å². The van der Waals surface area contributed by atoms with E-state index in [0.717, 1.165) is 11.5 Å². The molecule has 378 valence electrons. The van der Waals surface area contributed by atoms with Crippen LogP contribution in [0.5, 0.6) is 0 Å². The maximum atomic E-state index is 13.5. The average Bonchev–Trinajstić information content (AvgIpc) is 3.25. The predicted octanol–water partition coefficient (Wildman–Crippen LogP) is 10.2. The molecule has 0 aromatic heterocycles. The third kappa shape index (κ3) is 33.6. The van der Waals surface area contributed by atoms with Gasteiger partial charge in [-0.25, -0.2) is 0 Å². The summed E-state index contributed by atoms with van der Waals surface area (Å²) in [6.45, 7) is 13.8. The lowest BCUT2D eigenvalue weighted by Crippen LogP contribution is -2.54. The summed E-state index contributed by atoms with van der Waals surface area (Å²) in [5, 5.41) is 25.6. The van der Waals surface area contributed by atoms with E-state index in [0.29, 0.717) is 50.5 Å². The summed E-state index contributed by atoms with van der Waals surface area (Å²) in [5.74, 6) is 2.52. The minimum atomic E-state index is -0.683. The second-order valence-corrected chi connectivity index (χ2v) is 23.4. The van der Waals surface area contributed by atoms with Gasteiger partial charge in [-0.3, -0.25) is 19.2 Å². The fourth-order valence-corrected chi connectivity index (χ4v) is 12.1. The fourth-order valence-electron chi connectivity index (χ4n) is 7.80. The number of nitrogens with zero attached hydrogens (tertiary/aromatic N) is 3. The van der Waals surface area contributed by atoms with E-state index in [1.54, 1.807) is 31.4 Å². The molecule has 0 saturated heterocycles. The second kappa shape index (κ2) is 44.7. The standard InChI is InChI=1S/C49H97N5O6S4/c1-8-10-12-14-16-18-20-22-24-26-38-61-63-40-28-44(57)53(34-36-55)46(42(3)4)48(59)50-30-32-52(7)33-31-51-49(60)47(43(5)6)54(35-37-56)45(58)29-41-64-62-39-27-25-23-21-19-17-15-13-11-9-2/h42-43,46-47,55-56H,8-41H2,1-7H3,(H,50,59)(H,51,60). The molecule has 0 aromatic rings. The Hall–Kier alpha value is -0.840. The van der Waals surface area contributed by atoms with Crippen molar-refractivity contribution < 1.29 is 29.4 Å². The van der Waals surface area contributed by atoms with E-state index < -0.39 is 12.1 Å². The van der Waals surface area contributed by atoms with Crippen LogP contribution in [0, 0.1) is 11.8 Å². The van der Waals surface area contributed by atoms with Gasteiger partial charge in [0.05, 0.1) is 13.2 Å². The van der Waals surface area contributed by atoms with Crippen molar-refractivity contribution in [3.8, 4) is 0 Å². The van der Waals surface area contributed by atoms with E-state index in [-0.39, 0.29) is 61.8 Å². The number of rotatable bonds is 46. The highest BCUT2D eigenvalue weighted by Gasteiger charge is 2.33. The SMILES string of the molecule is CCCCCCCCCCCCSSCCC(=O)N(CCO)C(C(=O)NCCN(C)CCNC(=O)C(C(C)C)N(CCO)C(=O)CCSSCCCCCCCCCCCC)C(C)C. The quantitative estimate of drug-likeness (QED) is 0.0342. The molecule has 0 bridgehead atoms. The summed E-state index contributed by atoms with van der Waals surface area (Å²) >= 11 is 0.